The van der Waals surface area contributed by atoms with E-state index < -0.39 is 0 Å². The molecular formula is C10H9Br2ClO2. The number of carbonyl (C=O) groups is 1. The maximum Gasteiger partial charge on any atom is 0.338 e. The van der Waals surface area contributed by atoms with Crippen LogP contribution in [-0.4, -0.2) is 12.6 Å². The van der Waals surface area contributed by atoms with Crippen LogP contribution in [0.1, 0.15) is 22.8 Å². The van der Waals surface area contributed by atoms with Crippen molar-refractivity contribution in [2.45, 2.75) is 12.3 Å². The fraction of sp³-hybridized carbons (Fsp3) is 0.300. The largest absolute Gasteiger partial charge is 0.462 e. The van der Waals surface area contributed by atoms with Crippen LogP contribution in [0.25, 0.3) is 0 Å². The molecule has 0 aliphatic heterocycles. The van der Waals surface area contributed by atoms with Crippen LogP contribution in [0.4, 0.5) is 0 Å². The maximum absolute atomic E-state index is 11.6. The molecule has 0 unspecified atom stereocenters. The fourth-order valence-electron chi connectivity index (χ4n) is 1.12. The number of ether oxygens (including phenoxy) is 1. The van der Waals surface area contributed by atoms with Crippen LogP contribution in [0.2, 0.25) is 5.02 Å². The van der Waals surface area contributed by atoms with E-state index in [0.717, 1.165) is 10.0 Å². The summed E-state index contributed by atoms with van der Waals surface area (Å²) in [5, 5.41) is 1.12. The lowest BCUT2D eigenvalue weighted by molar-refractivity contribution is 0.0525. The normalized spacial score (nSPS) is 10.1. The van der Waals surface area contributed by atoms with Crippen molar-refractivity contribution in [2.75, 3.05) is 6.61 Å². The van der Waals surface area contributed by atoms with Crippen molar-refractivity contribution in [3.05, 3.63) is 32.8 Å². The predicted molar refractivity (Wildman–Crippen MR) is 67.7 cm³/mol. The average molecular weight is 356 g/mol. The van der Waals surface area contributed by atoms with E-state index in [4.69, 9.17) is 16.3 Å². The summed E-state index contributed by atoms with van der Waals surface area (Å²) in [5.41, 5.74) is 1.34. The van der Waals surface area contributed by atoms with Gasteiger partial charge in [0.15, 0.2) is 0 Å². The molecule has 0 amide bonds. The van der Waals surface area contributed by atoms with Crippen LogP contribution in [0.5, 0.6) is 0 Å². The second-order valence-electron chi connectivity index (χ2n) is 2.74. The van der Waals surface area contributed by atoms with Crippen molar-refractivity contribution in [2.24, 2.45) is 0 Å². The number of rotatable bonds is 3. The van der Waals surface area contributed by atoms with Crippen LogP contribution in [-0.2, 0) is 10.1 Å². The Balaban J connectivity index is 3.18. The van der Waals surface area contributed by atoms with E-state index >= 15 is 0 Å². The summed E-state index contributed by atoms with van der Waals surface area (Å²) in [4.78, 5) is 11.6. The molecule has 0 atom stereocenters. The van der Waals surface area contributed by atoms with Crippen molar-refractivity contribution in [1.82, 2.24) is 0 Å². The molecule has 82 valence electrons. The average Bonchev–Trinajstić information content (AvgIpc) is 2.22. The molecule has 0 heterocycles. The summed E-state index contributed by atoms with van der Waals surface area (Å²) < 4.78 is 5.67. The summed E-state index contributed by atoms with van der Waals surface area (Å²) in [5.74, 6) is -0.329. The quantitative estimate of drug-likeness (QED) is 0.600. The molecular weight excluding hydrogens is 347 g/mol. The van der Waals surface area contributed by atoms with Crippen molar-refractivity contribution in [1.29, 1.82) is 0 Å². The monoisotopic (exact) mass is 354 g/mol. The molecule has 0 saturated carbocycles. The van der Waals surface area contributed by atoms with Crippen molar-refractivity contribution in [3.8, 4) is 0 Å². The first-order chi connectivity index (χ1) is 7.11. The van der Waals surface area contributed by atoms with Gasteiger partial charge in [-0.05, 0) is 40.5 Å². The minimum atomic E-state index is -0.329. The molecule has 0 aromatic heterocycles. The van der Waals surface area contributed by atoms with E-state index in [1.54, 1.807) is 19.1 Å². The SMILES string of the molecule is CCOC(=O)c1ccc(Cl)c(Br)c1CBr. The summed E-state index contributed by atoms with van der Waals surface area (Å²) in [6, 6.07) is 3.34. The topological polar surface area (TPSA) is 26.3 Å². The number of carbonyl (C=O) groups excluding carboxylic acids is 1. The van der Waals surface area contributed by atoms with Gasteiger partial charge >= 0.3 is 5.97 Å². The second kappa shape index (κ2) is 5.87. The van der Waals surface area contributed by atoms with Gasteiger partial charge in [-0.1, -0.05) is 27.5 Å². The minimum Gasteiger partial charge on any atom is -0.462 e. The minimum absolute atomic E-state index is 0.329. The number of benzene rings is 1. The third-order valence-corrected chi connectivity index (χ3v) is 3.83. The second-order valence-corrected chi connectivity index (χ2v) is 4.50. The first kappa shape index (κ1) is 13.0. The zero-order valence-electron chi connectivity index (χ0n) is 8.02. The van der Waals surface area contributed by atoms with Crippen LogP contribution in [0, 0.1) is 0 Å². The van der Waals surface area contributed by atoms with Gasteiger partial charge in [0.1, 0.15) is 0 Å². The number of hydrogen-bond donors (Lipinski definition) is 0. The molecule has 1 rings (SSSR count). The Morgan fingerprint density at radius 3 is 2.73 bits per heavy atom. The van der Waals surface area contributed by atoms with Crippen LogP contribution >= 0.6 is 43.5 Å². The molecule has 5 heteroatoms. The molecule has 0 fully saturated rings. The van der Waals surface area contributed by atoms with Gasteiger partial charge in [-0.3, -0.25) is 0 Å². The lowest BCUT2D eigenvalue weighted by atomic mass is 10.1. The maximum atomic E-state index is 11.6. The van der Waals surface area contributed by atoms with Gasteiger partial charge in [0.2, 0.25) is 0 Å². The first-order valence-corrected chi connectivity index (χ1v) is 6.61. The number of hydrogen-bond acceptors (Lipinski definition) is 2. The predicted octanol–water partition coefficient (Wildman–Crippen LogP) is 4.17. The lowest BCUT2D eigenvalue weighted by Crippen LogP contribution is -2.08. The molecule has 1 aromatic carbocycles. The van der Waals surface area contributed by atoms with E-state index in [1.165, 1.54) is 0 Å². The molecule has 0 aliphatic rings. The molecule has 0 radical (unpaired) electrons. The summed E-state index contributed by atoms with van der Waals surface area (Å²) >= 11 is 12.6. The standard InChI is InChI=1S/C10H9Br2ClO2/c1-2-15-10(14)6-3-4-8(13)9(12)7(6)5-11/h3-4H,2,5H2,1H3. The van der Waals surface area contributed by atoms with Gasteiger partial charge in [-0.2, -0.15) is 0 Å². The third-order valence-electron chi connectivity index (χ3n) is 1.83. The molecule has 0 bridgehead atoms. The van der Waals surface area contributed by atoms with Crippen molar-refractivity contribution in [3.63, 3.8) is 0 Å². The van der Waals surface area contributed by atoms with Crippen LogP contribution in [0.3, 0.4) is 0 Å². The Labute approximate surface area is 110 Å². The summed E-state index contributed by atoms with van der Waals surface area (Å²) in [7, 11) is 0. The van der Waals surface area contributed by atoms with E-state index in [2.05, 4.69) is 31.9 Å². The summed E-state index contributed by atoms with van der Waals surface area (Å²) in [6.07, 6.45) is 0. The van der Waals surface area contributed by atoms with Gasteiger partial charge in [0.25, 0.3) is 0 Å². The molecule has 0 saturated heterocycles. The van der Waals surface area contributed by atoms with Gasteiger partial charge in [0, 0.05) is 9.80 Å². The lowest BCUT2D eigenvalue weighted by Gasteiger charge is -2.09. The van der Waals surface area contributed by atoms with E-state index in [-0.39, 0.29) is 5.97 Å². The van der Waals surface area contributed by atoms with E-state index in [1.807, 2.05) is 0 Å². The van der Waals surface area contributed by atoms with Crippen molar-refractivity contribution < 1.29 is 9.53 Å². The Bertz CT molecular complexity index is 380. The van der Waals surface area contributed by atoms with Crippen LogP contribution in [0.15, 0.2) is 16.6 Å². The number of esters is 1. The Morgan fingerprint density at radius 2 is 2.20 bits per heavy atom. The van der Waals surface area contributed by atoms with Crippen molar-refractivity contribution >= 4 is 49.4 Å². The molecule has 2 nitrogen and oxygen atoms in total. The van der Waals surface area contributed by atoms with E-state index in [9.17, 15) is 4.79 Å². The van der Waals surface area contributed by atoms with E-state index in [0.29, 0.717) is 22.5 Å². The zero-order valence-corrected chi connectivity index (χ0v) is 11.9. The van der Waals surface area contributed by atoms with Gasteiger partial charge < -0.3 is 4.74 Å². The highest BCUT2D eigenvalue weighted by Gasteiger charge is 2.15. The van der Waals surface area contributed by atoms with Gasteiger partial charge in [-0.25, -0.2) is 4.79 Å². The smallest absolute Gasteiger partial charge is 0.338 e. The third kappa shape index (κ3) is 2.95. The van der Waals surface area contributed by atoms with Gasteiger partial charge in [0.05, 0.1) is 17.2 Å². The highest BCUT2D eigenvalue weighted by atomic mass is 79.9. The fourth-order valence-corrected chi connectivity index (χ4v) is 2.75. The Hall–Kier alpha value is -0.0600. The highest BCUT2D eigenvalue weighted by molar-refractivity contribution is 9.10. The molecule has 1 aromatic rings. The Kier molecular flexibility index (Phi) is 5.09. The summed E-state index contributed by atoms with van der Waals surface area (Å²) in [6.45, 7) is 2.14. The number of alkyl halides is 1. The zero-order chi connectivity index (χ0) is 11.4. The highest BCUT2D eigenvalue weighted by Crippen LogP contribution is 2.31. The molecule has 15 heavy (non-hydrogen) atoms. The molecule has 0 spiro atoms. The van der Waals surface area contributed by atoms with Gasteiger partial charge in [-0.15, -0.1) is 0 Å². The Morgan fingerprint density at radius 1 is 1.53 bits per heavy atom. The molecule has 0 N–H and O–H groups in total. The number of halogens is 3. The first-order valence-electron chi connectivity index (χ1n) is 4.31. The molecule has 0 aliphatic carbocycles. The van der Waals surface area contributed by atoms with Crippen LogP contribution < -0.4 is 0 Å².